The van der Waals surface area contributed by atoms with Gasteiger partial charge in [0.05, 0.1) is 12.3 Å². The van der Waals surface area contributed by atoms with Crippen LogP contribution in [-0.2, 0) is 17.6 Å². The number of nitrogens with zero attached hydrogens (tertiary/aromatic N) is 1. The predicted octanol–water partition coefficient (Wildman–Crippen LogP) is 3.10. The number of rotatable bonds is 3. The molecule has 0 aromatic heterocycles. The molecule has 1 unspecified atom stereocenters. The summed E-state index contributed by atoms with van der Waals surface area (Å²) in [4.78, 5) is 2.50. The maximum absolute atomic E-state index is 5.29. The van der Waals surface area contributed by atoms with Gasteiger partial charge in [-0.15, -0.1) is 0 Å². The minimum atomic E-state index is 0.563. The lowest BCUT2D eigenvalue weighted by Gasteiger charge is -2.34. The predicted molar refractivity (Wildman–Crippen MR) is 91.5 cm³/mol. The fraction of sp³-hybridized carbons (Fsp3) is 0.647. The smallest absolute Gasteiger partial charge is 0.0637 e. The third-order valence-corrected chi connectivity index (χ3v) is 5.52. The normalized spacial score (nSPS) is 21.7. The maximum Gasteiger partial charge on any atom is 0.0637 e. The van der Waals surface area contributed by atoms with Gasteiger partial charge in [-0.1, -0.05) is 13.0 Å². The lowest BCUT2D eigenvalue weighted by atomic mass is 9.89. The number of halogens is 1. The van der Waals surface area contributed by atoms with E-state index >= 15 is 0 Å². The van der Waals surface area contributed by atoms with E-state index in [0.717, 1.165) is 39.2 Å². The fourth-order valence-corrected chi connectivity index (χ4v) is 4.83. The molecule has 21 heavy (non-hydrogen) atoms. The molecule has 0 spiro atoms. The van der Waals surface area contributed by atoms with Crippen LogP contribution in [0.15, 0.2) is 10.5 Å². The van der Waals surface area contributed by atoms with Gasteiger partial charge >= 0.3 is 0 Å². The van der Waals surface area contributed by atoms with Gasteiger partial charge in [-0.3, -0.25) is 0 Å². The second kappa shape index (κ2) is 6.67. The van der Waals surface area contributed by atoms with Crippen LogP contribution in [0.4, 0.5) is 5.69 Å². The van der Waals surface area contributed by atoms with Crippen molar-refractivity contribution in [2.75, 3.05) is 44.8 Å². The van der Waals surface area contributed by atoms with Gasteiger partial charge in [0.25, 0.3) is 0 Å². The highest BCUT2D eigenvalue weighted by atomic mass is 79.9. The average Bonchev–Trinajstić information content (AvgIpc) is 2.67. The van der Waals surface area contributed by atoms with E-state index in [1.807, 2.05) is 0 Å². The van der Waals surface area contributed by atoms with Crippen LogP contribution in [0.25, 0.3) is 0 Å². The first kappa shape index (κ1) is 15.3. The molecule has 4 heteroatoms. The number of hydrogen-bond acceptors (Lipinski definition) is 3. The number of hydrogen-bond donors (Lipinski definition) is 1. The Hall–Kier alpha value is -0.580. The van der Waals surface area contributed by atoms with Crippen LogP contribution in [0, 0.1) is 0 Å². The standard InChI is InChI=1S/C17H25BrN2O/c1-12-11-19-6-5-13-10-14-4-3-7-20(8-9-21-2)17(14)16(18)15(12)13/h10,12,19H,3-9,11H2,1-2H3. The maximum atomic E-state index is 5.29. The van der Waals surface area contributed by atoms with Crippen LogP contribution in [0.3, 0.4) is 0 Å². The zero-order valence-electron chi connectivity index (χ0n) is 13.0. The van der Waals surface area contributed by atoms with Gasteiger partial charge in [-0.25, -0.2) is 0 Å². The van der Waals surface area contributed by atoms with Crippen molar-refractivity contribution >= 4 is 21.6 Å². The highest BCUT2D eigenvalue weighted by Crippen LogP contribution is 2.42. The van der Waals surface area contributed by atoms with Crippen LogP contribution < -0.4 is 10.2 Å². The first-order valence-corrected chi connectivity index (χ1v) is 8.80. The molecule has 1 atom stereocenters. The van der Waals surface area contributed by atoms with E-state index in [1.54, 1.807) is 7.11 Å². The molecular weight excluding hydrogens is 328 g/mol. The third-order valence-electron chi connectivity index (χ3n) is 4.71. The molecule has 0 bridgehead atoms. The highest BCUT2D eigenvalue weighted by Gasteiger charge is 2.26. The van der Waals surface area contributed by atoms with E-state index in [9.17, 15) is 0 Å². The van der Waals surface area contributed by atoms with Gasteiger partial charge in [0.1, 0.15) is 0 Å². The lowest BCUT2D eigenvalue weighted by molar-refractivity contribution is 0.205. The quantitative estimate of drug-likeness (QED) is 0.904. The molecule has 0 fully saturated rings. The largest absolute Gasteiger partial charge is 0.383 e. The second-order valence-electron chi connectivity index (χ2n) is 6.21. The summed E-state index contributed by atoms with van der Waals surface area (Å²) in [7, 11) is 1.78. The molecule has 2 aliphatic heterocycles. The summed E-state index contributed by atoms with van der Waals surface area (Å²) in [5.74, 6) is 0.563. The van der Waals surface area contributed by atoms with Crippen molar-refractivity contribution in [1.29, 1.82) is 0 Å². The second-order valence-corrected chi connectivity index (χ2v) is 7.00. The molecular formula is C17H25BrN2O. The Morgan fingerprint density at radius 3 is 3.05 bits per heavy atom. The number of fused-ring (bicyclic) bond motifs is 2. The molecule has 116 valence electrons. The van der Waals surface area contributed by atoms with Gasteiger partial charge in [-0.2, -0.15) is 0 Å². The molecule has 3 nitrogen and oxygen atoms in total. The number of benzene rings is 1. The molecule has 0 aliphatic carbocycles. The van der Waals surface area contributed by atoms with E-state index in [4.69, 9.17) is 4.74 Å². The van der Waals surface area contributed by atoms with Crippen molar-refractivity contribution in [3.63, 3.8) is 0 Å². The zero-order chi connectivity index (χ0) is 14.8. The third kappa shape index (κ3) is 2.99. The van der Waals surface area contributed by atoms with E-state index in [-0.39, 0.29) is 0 Å². The van der Waals surface area contributed by atoms with E-state index in [0.29, 0.717) is 5.92 Å². The highest BCUT2D eigenvalue weighted by molar-refractivity contribution is 9.10. The first-order valence-electron chi connectivity index (χ1n) is 8.01. The Morgan fingerprint density at radius 1 is 1.38 bits per heavy atom. The number of ether oxygens (including phenoxy) is 1. The zero-order valence-corrected chi connectivity index (χ0v) is 14.6. The molecule has 3 rings (SSSR count). The Labute approximate surface area is 136 Å². The Morgan fingerprint density at radius 2 is 2.24 bits per heavy atom. The molecule has 0 amide bonds. The Bertz CT molecular complexity index is 518. The summed E-state index contributed by atoms with van der Waals surface area (Å²) in [6, 6.07) is 2.47. The van der Waals surface area contributed by atoms with Crippen molar-refractivity contribution in [2.45, 2.75) is 32.1 Å². The van der Waals surface area contributed by atoms with Gasteiger partial charge < -0.3 is 15.0 Å². The number of aryl methyl sites for hydroxylation is 1. The molecule has 2 aliphatic rings. The Kier molecular flexibility index (Phi) is 4.87. The lowest BCUT2D eigenvalue weighted by Crippen LogP contribution is -2.33. The van der Waals surface area contributed by atoms with Crippen LogP contribution in [0.5, 0.6) is 0 Å². The molecule has 1 N–H and O–H groups in total. The number of methoxy groups -OCH3 is 1. The minimum absolute atomic E-state index is 0.563. The van der Waals surface area contributed by atoms with Crippen molar-refractivity contribution in [2.24, 2.45) is 0 Å². The summed E-state index contributed by atoms with van der Waals surface area (Å²) in [6.07, 6.45) is 3.59. The monoisotopic (exact) mass is 352 g/mol. The Balaban J connectivity index is 2.04. The SMILES string of the molecule is COCCN1CCCc2cc3c(c(Br)c21)C(C)CNCC3. The molecule has 0 saturated heterocycles. The fourth-order valence-electron chi connectivity index (χ4n) is 3.68. The first-order chi connectivity index (χ1) is 10.2. The number of anilines is 1. The summed E-state index contributed by atoms with van der Waals surface area (Å²) in [5.41, 5.74) is 5.98. The minimum Gasteiger partial charge on any atom is -0.383 e. The van der Waals surface area contributed by atoms with E-state index < -0.39 is 0 Å². The average molecular weight is 353 g/mol. The van der Waals surface area contributed by atoms with Crippen LogP contribution in [-0.4, -0.2) is 39.9 Å². The van der Waals surface area contributed by atoms with Crippen LogP contribution in [0.2, 0.25) is 0 Å². The topological polar surface area (TPSA) is 24.5 Å². The molecule has 1 aromatic carbocycles. The van der Waals surface area contributed by atoms with E-state index in [1.165, 1.54) is 39.7 Å². The summed E-state index contributed by atoms with van der Waals surface area (Å²) < 4.78 is 6.62. The summed E-state index contributed by atoms with van der Waals surface area (Å²) >= 11 is 3.95. The van der Waals surface area contributed by atoms with Crippen molar-refractivity contribution < 1.29 is 4.74 Å². The number of nitrogens with one attached hydrogen (secondary N) is 1. The van der Waals surface area contributed by atoms with Crippen molar-refractivity contribution in [3.05, 3.63) is 27.2 Å². The van der Waals surface area contributed by atoms with Crippen molar-refractivity contribution in [3.8, 4) is 0 Å². The van der Waals surface area contributed by atoms with Crippen molar-refractivity contribution in [1.82, 2.24) is 5.32 Å². The molecule has 0 saturated carbocycles. The van der Waals surface area contributed by atoms with E-state index in [2.05, 4.69) is 39.1 Å². The molecule has 0 radical (unpaired) electrons. The van der Waals surface area contributed by atoms with Crippen LogP contribution in [0.1, 0.15) is 36.0 Å². The van der Waals surface area contributed by atoms with Gasteiger partial charge in [0, 0.05) is 31.2 Å². The van der Waals surface area contributed by atoms with Gasteiger partial charge in [0.15, 0.2) is 0 Å². The summed E-state index contributed by atoms with van der Waals surface area (Å²) in [5, 5.41) is 3.55. The molecule has 1 aromatic rings. The van der Waals surface area contributed by atoms with Gasteiger partial charge in [0.2, 0.25) is 0 Å². The molecule has 2 heterocycles. The summed E-state index contributed by atoms with van der Waals surface area (Å²) in [6.45, 7) is 7.41. The van der Waals surface area contributed by atoms with Crippen LogP contribution >= 0.6 is 15.9 Å². The van der Waals surface area contributed by atoms with Gasteiger partial charge in [-0.05, 0) is 64.3 Å².